The number of nitrogens with one attached hydrogen (secondary N) is 1. The van der Waals surface area contributed by atoms with Crippen LogP contribution in [0, 0.1) is 6.92 Å². The molecule has 0 atom stereocenters. The molecule has 33 heavy (non-hydrogen) atoms. The molecule has 180 valence electrons. The Balaban J connectivity index is 1.85. The average molecular weight is 504 g/mol. The van der Waals surface area contributed by atoms with E-state index in [1.165, 1.54) is 4.52 Å². The van der Waals surface area contributed by atoms with Crippen molar-refractivity contribution in [3.05, 3.63) is 28.7 Å². The maximum atomic E-state index is 13.7. The molecular weight excluding hydrogens is 479 g/mol. The number of hydrogen-bond donors (Lipinski definition) is 2. The number of aryl methyl sites for hydroxylation is 1. The number of hydrogen-bond acceptors (Lipinski definition) is 7. The van der Waals surface area contributed by atoms with Crippen molar-refractivity contribution in [2.45, 2.75) is 75.6 Å². The Kier molecular flexibility index (Phi) is 6.04. The summed E-state index contributed by atoms with van der Waals surface area (Å²) in [4.78, 5) is 7.38. The van der Waals surface area contributed by atoms with Crippen molar-refractivity contribution >= 4 is 26.3 Å². The van der Waals surface area contributed by atoms with Crippen molar-refractivity contribution in [2.24, 2.45) is 0 Å². The van der Waals surface area contributed by atoms with E-state index in [0.717, 1.165) is 42.9 Å². The van der Waals surface area contributed by atoms with Gasteiger partial charge in [0.1, 0.15) is 15.5 Å². The monoisotopic (exact) mass is 503 g/mol. The van der Waals surface area contributed by atoms with Gasteiger partial charge in [-0.05, 0) is 39.7 Å². The van der Waals surface area contributed by atoms with Crippen LogP contribution < -0.4 is 4.72 Å². The second-order valence-corrected chi connectivity index (χ2v) is 11.4. The molecule has 1 aliphatic rings. The molecule has 13 heteroatoms. The van der Waals surface area contributed by atoms with E-state index in [0.29, 0.717) is 34.2 Å². The summed E-state index contributed by atoms with van der Waals surface area (Å²) < 4.78 is 71.0. The third-order valence-electron chi connectivity index (χ3n) is 5.51. The summed E-state index contributed by atoms with van der Waals surface area (Å²) >= 11 is 1.13. The molecule has 0 amide bonds. The van der Waals surface area contributed by atoms with Crippen molar-refractivity contribution in [1.82, 2.24) is 24.3 Å². The number of imidazole rings is 1. The van der Waals surface area contributed by atoms with Crippen LogP contribution in [-0.4, -0.2) is 39.1 Å². The van der Waals surface area contributed by atoms with Crippen molar-refractivity contribution < 1.29 is 26.7 Å². The molecule has 4 rings (SSSR count). The van der Waals surface area contributed by atoms with Crippen LogP contribution in [0.5, 0.6) is 0 Å². The Hall–Kier alpha value is -2.09. The molecule has 0 bridgehead atoms. The van der Waals surface area contributed by atoms with Gasteiger partial charge in [0.25, 0.3) is 0 Å². The van der Waals surface area contributed by atoms with Crippen LogP contribution in [0.4, 0.5) is 13.2 Å². The lowest BCUT2D eigenvalue weighted by Gasteiger charge is -2.23. The molecule has 8 nitrogen and oxygen atoms in total. The third-order valence-corrected chi connectivity index (χ3v) is 8.27. The van der Waals surface area contributed by atoms with E-state index in [2.05, 4.69) is 19.8 Å². The van der Waals surface area contributed by atoms with Gasteiger partial charge in [-0.2, -0.15) is 18.3 Å². The molecule has 0 aromatic carbocycles. The van der Waals surface area contributed by atoms with Gasteiger partial charge in [0.15, 0.2) is 5.69 Å². The topological polar surface area (TPSA) is 109 Å². The van der Waals surface area contributed by atoms with Crippen molar-refractivity contribution in [3.8, 4) is 11.3 Å². The van der Waals surface area contributed by atoms with Gasteiger partial charge in [-0.25, -0.2) is 27.6 Å². The van der Waals surface area contributed by atoms with Gasteiger partial charge in [-0.3, -0.25) is 0 Å². The van der Waals surface area contributed by atoms with E-state index in [1.54, 1.807) is 20.8 Å². The van der Waals surface area contributed by atoms with Crippen LogP contribution in [0.1, 0.15) is 62.3 Å². The van der Waals surface area contributed by atoms with Crippen LogP contribution in [0.2, 0.25) is 0 Å². The summed E-state index contributed by atoms with van der Waals surface area (Å²) in [7, 11) is -4.49. The first kappa shape index (κ1) is 24.0. The van der Waals surface area contributed by atoms with Crippen LogP contribution in [0.3, 0.4) is 0 Å². The highest BCUT2D eigenvalue weighted by Crippen LogP contribution is 2.37. The first-order valence-electron chi connectivity index (χ1n) is 10.5. The summed E-state index contributed by atoms with van der Waals surface area (Å²) in [6, 6.07) is 0.561. The molecule has 0 radical (unpaired) electrons. The lowest BCUT2D eigenvalue weighted by atomic mass is 9.96. The Morgan fingerprint density at radius 1 is 1.21 bits per heavy atom. The zero-order valence-corrected chi connectivity index (χ0v) is 19.9. The number of sulfonamides is 1. The zero-order chi connectivity index (χ0) is 24.2. The Morgan fingerprint density at radius 3 is 2.48 bits per heavy atom. The number of pyridine rings is 1. The fourth-order valence-corrected chi connectivity index (χ4v) is 6.38. The molecule has 3 aromatic heterocycles. The van der Waals surface area contributed by atoms with Crippen molar-refractivity contribution in [3.63, 3.8) is 0 Å². The van der Waals surface area contributed by atoms with Crippen LogP contribution in [0.15, 0.2) is 17.2 Å². The minimum absolute atomic E-state index is 0.129. The second kappa shape index (κ2) is 8.29. The number of halogens is 3. The molecular formula is C20H24F3N5O3S2. The van der Waals surface area contributed by atoms with E-state index in [4.69, 9.17) is 0 Å². The van der Waals surface area contributed by atoms with Gasteiger partial charge < -0.3 is 5.11 Å². The lowest BCUT2D eigenvalue weighted by molar-refractivity contribution is -0.143. The van der Waals surface area contributed by atoms with E-state index in [9.17, 15) is 26.7 Å². The summed E-state index contributed by atoms with van der Waals surface area (Å²) in [5.41, 5.74) is -1.82. The minimum Gasteiger partial charge on any atom is -0.383 e. The van der Waals surface area contributed by atoms with Crippen molar-refractivity contribution in [2.75, 3.05) is 0 Å². The summed E-state index contributed by atoms with van der Waals surface area (Å²) in [5.74, 6) is 0. The minimum atomic E-state index is -4.95. The predicted molar refractivity (Wildman–Crippen MR) is 116 cm³/mol. The zero-order valence-electron chi connectivity index (χ0n) is 18.3. The number of nitrogens with zero attached hydrogens (tertiary/aromatic N) is 4. The number of rotatable bonds is 5. The van der Waals surface area contributed by atoms with E-state index in [1.807, 2.05) is 0 Å². The highest BCUT2D eigenvalue weighted by atomic mass is 32.2. The number of aliphatic hydroxyl groups is 1. The highest BCUT2D eigenvalue weighted by Gasteiger charge is 2.40. The normalized spacial score (nSPS) is 16.6. The molecule has 2 N–H and O–H groups in total. The Morgan fingerprint density at radius 2 is 1.88 bits per heavy atom. The lowest BCUT2D eigenvalue weighted by Crippen LogP contribution is -2.37. The van der Waals surface area contributed by atoms with Gasteiger partial charge in [-0.1, -0.05) is 30.6 Å². The largest absolute Gasteiger partial charge is 0.434 e. The SMILES string of the molecule is Cc1nc2sc(C(C)(C)O)nn2c1-c1cnc(C(F)(F)F)c(S(=O)(=O)NC2CCCCC2)c1. The maximum Gasteiger partial charge on any atom is 0.434 e. The van der Waals surface area contributed by atoms with E-state index >= 15 is 0 Å². The van der Waals surface area contributed by atoms with Gasteiger partial charge in [-0.15, -0.1) is 0 Å². The molecule has 0 spiro atoms. The number of aromatic nitrogens is 4. The van der Waals surface area contributed by atoms with Crippen LogP contribution in [0.25, 0.3) is 16.2 Å². The molecule has 0 unspecified atom stereocenters. The number of alkyl halides is 3. The molecule has 0 saturated heterocycles. The molecule has 1 saturated carbocycles. The van der Waals surface area contributed by atoms with E-state index < -0.39 is 38.4 Å². The fraction of sp³-hybridized carbons (Fsp3) is 0.550. The maximum absolute atomic E-state index is 13.7. The fourth-order valence-electron chi connectivity index (χ4n) is 3.92. The molecule has 0 aliphatic heterocycles. The first-order valence-corrected chi connectivity index (χ1v) is 12.8. The van der Waals surface area contributed by atoms with E-state index in [-0.39, 0.29) is 5.56 Å². The third kappa shape index (κ3) is 4.77. The Labute approximate surface area is 192 Å². The van der Waals surface area contributed by atoms with Gasteiger partial charge >= 0.3 is 6.18 Å². The van der Waals surface area contributed by atoms with Crippen molar-refractivity contribution in [1.29, 1.82) is 0 Å². The number of fused-ring (bicyclic) bond motifs is 1. The van der Waals surface area contributed by atoms with Gasteiger partial charge in [0.05, 0.1) is 11.4 Å². The summed E-state index contributed by atoms with van der Waals surface area (Å²) in [6.45, 7) is 4.75. The molecule has 1 fully saturated rings. The highest BCUT2D eigenvalue weighted by molar-refractivity contribution is 7.89. The Bertz CT molecular complexity index is 1290. The smallest absolute Gasteiger partial charge is 0.383 e. The van der Waals surface area contributed by atoms with Crippen LogP contribution >= 0.6 is 11.3 Å². The first-order chi connectivity index (χ1) is 15.3. The molecule has 3 aromatic rings. The van der Waals surface area contributed by atoms with Gasteiger partial charge in [0, 0.05) is 17.8 Å². The van der Waals surface area contributed by atoms with Crippen LogP contribution in [-0.2, 0) is 21.8 Å². The van der Waals surface area contributed by atoms with Gasteiger partial charge in [0.2, 0.25) is 15.0 Å². The predicted octanol–water partition coefficient (Wildman–Crippen LogP) is 4.02. The standard InChI is InChI=1S/C20H24F3N5O3S2/c1-11-15(28-18(25-11)32-17(26-28)19(2,3)29)12-9-14(16(24-10-12)20(21,22)23)33(30,31)27-13-7-5-4-6-8-13/h9-10,13,27,29H,4-8H2,1-3H3. The quantitative estimate of drug-likeness (QED) is 0.544. The summed E-state index contributed by atoms with van der Waals surface area (Å²) in [5, 5.41) is 15.0. The molecule has 3 heterocycles. The second-order valence-electron chi connectivity index (χ2n) is 8.73. The summed E-state index contributed by atoms with van der Waals surface area (Å²) in [6.07, 6.45) is -0.216. The average Bonchev–Trinajstić information content (AvgIpc) is 3.24. The molecule has 1 aliphatic carbocycles.